The molecule has 1 saturated carbocycles. The van der Waals surface area contributed by atoms with Crippen LogP contribution in [0.15, 0.2) is 60.7 Å². The first kappa shape index (κ1) is 23.9. The first-order chi connectivity index (χ1) is 16.4. The summed E-state index contributed by atoms with van der Waals surface area (Å²) in [6.45, 7) is 6.15. The Morgan fingerprint density at radius 1 is 1.18 bits per heavy atom. The fourth-order valence-electron chi connectivity index (χ4n) is 5.03. The molecule has 34 heavy (non-hydrogen) atoms. The highest BCUT2D eigenvalue weighted by atomic mass is 16.5. The van der Waals surface area contributed by atoms with Gasteiger partial charge >= 0.3 is 0 Å². The number of ether oxygens (including phenoxy) is 1. The van der Waals surface area contributed by atoms with E-state index in [0.29, 0.717) is 24.8 Å². The molecule has 0 bridgehead atoms. The van der Waals surface area contributed by atoms with Gasteiger partial charge in [0.25, 0.3) is 0 Å². The zero-order chi connectivity index (χ0) is 24.1. The largest absolute Gasteiger partial charge is 0.457 e. The Morgan fingerprint density at radius 3 is 2.62 bits per heavy atom. The number of amides is 1. The number of carbonyl (C=O) groups is 1. The zero-order valence-electron chi connectivity index (χ0n) is 20.4. The Morgan fingerprint density at radius 2 is 1.91 bits per heavy atom. The Hall–Kier alpha value is -3.28. The molecular formula is C28H36N4O2. The SMILES string of the molecule is C=C(C)C[C@H](CCC(=O)N(C)C1CCCCC1)n1c(N)nc2ccc(Oc3ccccc3)cc21. The van der Waals surface area contributed by atoms with Gasteiger partial charge in [-0.1, -0.05) is 43.0 Å². The molecule has 1 aliphatic carbocycles. The van der Waals surface area contributed by atoms with Gasteiger partial charge in [-0.2, -0.15) is 0 Å². The number of para-hydroxylation sites is 1. The molecular weight excluding hydrogens is 424 g/mol. The fraction of sp³-hybridized carbons (Fsp3) is 0.429. The van der Waals surface area contributed by atoms with Crippen molar-refractivity contribution >= 4 is 22.9 Å². The molecule has 180 valence electrons. The summed E-state index contributed by atoms with van der Waals surface area (Å²) in [6, 6.07) is 15.9. The minimum atomic E-state index is -0.00168. The molecule has 4 rings (SSSR count). The molecule has 6 heteroatoms. The van der Waals surface area contributed by atoms with Gasteiger partial charge in [0.15, 0.2) is 0 Å². The topological polar surface area (TPSA) is 73.4 Å². The van der Waals surface area contributed by atoms with Gasteiger partial charge in [-0.05, 0) is 56.9 Å². The predicted molar refractivity (Wildman–Crippen MR) is 138 cm³/mol. The summed E-state index contributed by atoms with van der Waals surface area (Å²) in [4.78, 5) is 19.6. The third-order valence-corrected chi connectivity index (χ3v) is 6.82. The van der Waals surface area contributed by atoms with Crippen molar-refractivity contribution in [2.75, 3.05) is 12.8 Å². The Kier molecular flexibility index (Phi) is 7.56. The highest BCUT2D eigenvalue weighted by molar-refractivity contribution is 5.80. The molecule has 3 aromatic rings. The maximum atomic E-state index is 13.0. The van der Waals surface area contributed by atoms with Crippen molar-refractivity contribution in [2.45, 2.75) is 70.4 Å². The van der Waals surface area contributed by atoms with E-state index >= 15 is 0 Å². The van der Waals surface area contributed by atoms with Crippen molar-refractivity contribution in [3.63, 3.8) is 0 Å². The van der Waals surface area contributed by atoms with E-state index in [1.807, 2.05) is 67.4 Å². The molecule has 0 spiro atoms. The van der Waals surface area contributed by atoms with Crippen LogP contribution in [0.2, 0.25) is 0 Å². The third-order valence-electron chi connectivity index (χ3n) is 6.82. The van der Waals surface area contributed by atoms with Gasteiger partial charge in [0, 0.05) is 31.6 Å². The van der Waals surface area contributed by atoms with Crippen molar-refractivity contribution in [3.8, 4) is 11.5 Å². The van der Waals surface area contributed by atoms with Crippen LogP contribution in [0.4, 0.5) is 5.95 Å². The van der Waals surface area contributed by atoms with E-state index in [-0.39, 0.29) is 11.9 Å². The van der Waals surface area contributed by atoms with Crippen molar-refractivity contribution in [1.82, 2.24) is 14.5 Å². The highest BCUT2D eigenvalue weighted by Gasteiger charge is 2.24. The molecule has 1 fully saturated rings. The summed E-state index contributed by atoms with van der Waals surface area (Å²) in [6.07, 6.45) is 7.83. The minimum Gasteiger partial charge on any atom is -0.457 e. The second-order valence-electron chi connectivity index (χ2n) is 9.56. The number of hydrogen-bond donors (Lipinski definition) is 1. The van der Waals surface area contributed by atoms with E-state index in [1.165, 1.54) is 19.3 Å². The number of rotatable bonds is 9. The lowest BCUT2D eigenvalue weighted by molar-refractivity contribution is -0.132. The van der Waals surface area contributed by atoms with E-state index in [0.717, 1.165) is 47.4 Å². The van der Waals surface area contributed by atoms with Crippen molar-refractivity contribution in [1.29, 1.82) is 0 Å². The van der Waals surface area contributed by atoms with Crippen LogP contribution in [0.25, 0.3) is 11.0 Å². The number of nitrogens with two attached hydrogens (primary N) is 1. The first-order valence-electron chi connectivity index (χ1n) is 12.3. The molecule has 1 amide bonds. The second-order valence-corrected chi connectivity index (χ2v) is 9.56. The number of carbonyl (C=O) groups excluding carboxylic acids is 1. The average molecular weight is 461 g/mol. The van der Waals surface area contributed by atoms with E-state index < -0.39 is 0 Å². The van der Waals surface area contributed by atoms with Crippen LogP contribution in [0.5, 0.6) is 11.5 Å². The lowest BCUT2D eigenvalue weighted by atomic mass is 9.94. The number of anilines is 1. The van der Waals surface area contributed by atoms with E-state index in [2.05, 4.69) is 16.1 Å². The van der Waals surface area contributed by atoms with Crippen LogP contribution >= 0.6 is 0 Å². The molecule has 2 N–H and O–H groups in total. The number of nitrogens with zero attached hydrogens (tertiary/aromatic N) is 3. The summed E-state index contributed by atoms with van der Waals surface area (Å²) >= 11 is 0. The summed E-state index contributed by atoms with van der Waals surface area (Å²) in [5.74, 6) is 2.15. The van der Waals surface area contributed by atoms with Crippen molar-refractivity contribution in [3.05, 3.63) is 60.7 Å². The van der Waals surface area contributed by atoms with Crippen LogP contribution in [0.1, 0.15) is 64.3 Å². The van der Waals surface area contributed by atoms with Gasteiger partial charge in [0.05, 0.1) is 11.0 Å². The van der Waals surface area contributed by atoms with E-state index in [9.17, 15) is 4.79 Å². The first-order valence-corrected chi connectivity index (χ1v) is 12.3. The van der Waals surface area contributed by atoms with Crippen molar-refractivity contribution in [2.24, 2.45) is 0 Å². The predicted octanol–water partition coefficient (Wildman–Crippen LogP) is 6.49. The maximum Gasteiger partial charge on any atom is 0.222 e. The number of nitrogen functional groups attached to an aromatic ring is 1. The lowest BCUT2D eigenvalue weighted by Crippen LogP contribution is -2.38. The van der Waals surface area contributed by atoms with E-state index in [1.54, 1.807) is 0 Å². The number of imidazole rings is 1. The highest BCUT2D eigenvalue weighted by Crippen LogP contribution is 2.33. The van der Waals surface area contributed by atoms with Crippen LogP contribution < -0.4 is 10.5 Å². The summed E-state index contributed by atoms with van der Waals surface area (Å²) in [5, 5.41) is 0. The van der Waals surface area contributed by atoms with Crippen molar-refractivity contribution < 1.29 is 9.53 Å². The number of aromatic nitrogens is 2. The Labute approximate surface area is 202 Å². The van der Waals surface area contributed by atoms with Gasteiger partial charge in [0.1, 0.15) is 11.5 Å². The van der Waals surface area contributed by atoms with E-state index in [4.69, 9.17) is 10.5 Å². The molecule has 0 unspecified atom stereocenters. The molecule has 2 aromatic carbocycles. The Balaban J connectivity index is 1.56. The molecule has 1 aromatic heterocycles. The number of hydrogen-bond acceptors (Lipinski definition) is 4. The standard InChI is InChI=1S/C28H36N4O2/c1-20(2)18-22(14-17-27(33)31(3)21-10-6-4-7-11-21)32-26-19-24(15-16-25(26)30-28(32)29)34-23-12-8-5-9-13-23/h5,8-9,12-13,15-16,19,21-22H,1,4,6-7,10-11,14,17-18H2,2-3H3,(H2,29,30)/t22-/m0/s1. The van der Waals surface area contributed by atoms with Gasteiger partial charge in [0.2, 0.25) is 11.9 Å². The lowest BCUT2D eigenvalue weighted by Gasteiger charge is -2.32. The summed E-state index contributed by atoms with van der Waals surface area (Å²) in [5.41, 5.74) is 9.18. The number of benzene rings is 2. The maximum absolute atomic E-state index is 13.0. The summed E-state index contributed by atoms with van der Waals surface area (Å²) < 4.78 is 8.10. The van der Waals surface area contributed by atoms with Gasteiger partial charge in [-0.15, -0.1) is 6.58 Å². The molecule has 0 radical (unpaired) electrons. The number of fused-ring (bicyclic) bond motifs is 1. The molecule has 1 atom stereocenters. The quantitative estimate of drug-likeness (QED) is 0.370. The summed E-state index contributed by atoms with van der Waals surface area (Å²) in [7, 11) is 1.96. The van der Waals surface area contributed by atoms with Crippen LogP contribution in [-0.2, 0) is 4.79 Å². The fourth-order valence-corrected chi connectivity index (χ4v) is 5.03. The molecule has 0 aliphatic heterocycles. The Bertz CT molecular complexity index is 1130. The molecule has 1 aliphatic rings. The zero-order valence-corrected chi connectivity index (χ0v) is 20.4. The molecule has 6 nitrogen and oxygen atoms in total. The minimum absolute atomic E-state index is 0.00168. The monoisotopic (exact) mass is 460 g/mol. The van der Waals surface area contributed by atoms with Crippen LogP contribution in [0.3, 0.4) is 0 Å². The van der Waals surface area contributed by atoms with Crippen LogP contribution in [-0.4, -0.2) is 33.4 Å². The van der Waals surface area contributed by atoms with Gasteiger partial charge in [-0.25, -0.2) is 4.98 Å². The van der Waals surface area contributed by atoms with Gasteiger partial charge < -0.3 is 19.9 Å². The normalized spacial score (nSPS) is 15.2. The molecule has 1 heterocycles. The second kappa shape index (κ2) is 10.8. The average Bonchev–Trinajstić information content (AvgIpc) is 3.17. The third kappa shape index (κ3) is 5.61. The smallest absolute Gasteiger partial charge is 0.222 e. The molecule has 0 saturated heterocycles. The number of allylic oxidation sites excluding steroid dienone is 1. The van der Waals surface area contributed by atoms with Gasteiger partial charge in [-0.3, -0.25) is 4.79 Å². The van der Waals surface area contributed by atoms with Crippen LogP contribution in [0, 0.1) is 0 Å².